The van der Waals surface area contributed by atoms with Gasteiger partial charge in [-0.3, -0.25) is 9.59 Å². The van der Waals surface area contributed by atoms with Crippen molar-refractivity contribution in [1.29, 1.82) is 0 Å². The van der Waals surface area contributed by atoms with E-state index in [-0.39, 0.29) is 25.5 Å². The van der Waals surface area contributed by atoms with Gasteiger partial charge in [0.05, 0.1) is 0 Å². The predicted molar refractivity (Wildman–Crippen MR) is 79.1 cm³/mol. The van der Waals surface area contributed by atoms with Crippen LogP contribution in [0.2, 0.25) is 0 Å². The Bertz CT molecular complexity index is 465. The quantitative estimate of drug-likeness (QED) is 0.328. The maximum Gasteiger partial charge on any atom is 0.418 e. The van der Waals surface area contributed by atoms with E-state index in [4.69, 9.17) is 9.47 Å². The Kier molecular flexibility index (Phi) is 6.66. The van der Waals surface area contributed by atoms with Crippen LogP contribution in [0.3, 0.4) is 0 Å². The summed E-state index contributed by atoms with van der Waals surface area (Å²) in [5.41, 5.74) is -0.861. The molecule has 0 aromatic heterocycles. The van der Waals surface area contributed by atoms with Crippen molar-refractivity contribution >= 4 is 36.4 Å². The van der Waals surface area contributed by atoms with Gasteiger partial charge in [-0.1, -0.05) is 13.8 Å². The van der Waals surface area contributed by atoms with Gasteiger partial charge in [-0.05, 0) is 0 Å². The SMILES string of the molecule is CC1(C)COC(=O)C(=O)OC1C(=O)NCCC(=O)NCCS. The summed E-state index contributed by atoms with van der Waals surface area (Å²) >= 11 is 3.96. The third-order valence-corrected chi connectivity index (χ3v) is 3.22. The zero-order valence-electron chi connectivity index (χ0n) is 12.5. The van der Waals surface area contributed by atoms with Crippen LogP contribution >= 0.6 is 12.6 Å². The maximum atomic E-state index is 12.1. The molecule has 1 atom stereocenters. The van der Waals surface area contributed by atoms with E-state index in [0.717, 1.165) is 0 Å². The van der Waals surface area contributed by atoms with Gasteiger partial charge in [0.1, 0.15) is 6.61 Å². The minimum absolute atomic E-state index is 0.0933. The summed E-state index contributed by atoms with van der Waals surface area (Å²) in [6, 6.07) is 0. The Morgan fingerprint density at radius 3 is 2.55 bits per heavy atom. The molecular formula is C13H20N2O6S. The Labute approximate surface area is 133 Å². The van der Waals surface area contributed by atoms with E-state index < -0.39 is 29.4 Å². The number of esters is 2. The lowest BCUT2D eigenvalue weighted by atomic mass is 9.87. The fraction of sp³-hybridized carbons (Fsp3) is 0.692. The topological polar surface area (TPSA) is 111 Å². The van der Waals surface area contributed by atoms with Gasteiger partial charge in [-0.2, -0.15) is 12.6 Å². The highest BCUT2D eigenvalue weighted by Crippen LogP contribution is 2.27. The molecule has 0 aliphatic carbocycles. The second-order valence-corrected chi connectivity index (χ2v) is 5.91. The number of hydrogen-bond acceptors (Lipinski definition) is 7. The van der Waals surface area contributed by atoms with Crippen LogP contribution in [0, 0.1) is 5.41 Å². The highest BCUT2D eigenvalue weighted by atomic mass is 32.1. The van der Waals surface area contributed by atoms with E-state index >= 15 is 0 Å². The van der Waals surface area contributed by atoms with Crippen LogP contribution < -0.4 is 10.6 Å². The van der Waals surface area contributed by atoms with Crippen molar-refractivity contribution in [3.8, 4) is 0 Å². The van der Waals surface area contributed by atoms with Crippen LogP contribution in [0.15, 0.2) is 0 Å². The van der Waals surface area contributed by atoms with Crippen LogP contribution in [-0.2, 0) is 28.7 Å². The summed E-state index contributed by atoms with van der Waals surface area (Å²) in [5, 5.41) is 5.12. The molecule has 1 unspecified atom stereocenters. The van der Waals surface area contributed by atoms with E-state index in [1.165, 1.54) is 0 Å². The molecule has 0 saturated carbocycles. The standard InChI is InChI=1S/C13H20N2O6S/c1-13(2)7-20-11(18)12(19)21-9(13)10(17)15-4-3-8(16)14-5-6-22/h9,22H,3-7H2,1-2H3,(H,14,16)(H,15,17). The van der Waals surface area contributed by atoms with Gasteiger partial charge in [0.2, 0.25) is 5.91 Å². The van der Waals surface area contributed by atoms with E-state index in [1.54, 1.807) is 13.8 Å². The van der Waals surface area contributed by atoms with Crippen molar-refractivity contribution in [2.24, 2.45) is 5.41 Å². The average molecular weight is 332 g/mol. The zero-order valence-corrected chi connectivity index (χ0v) is 13.4. The molecule has 1 aliphatic heterocycles. The van der Waals surface area contributed by atoms with Gasteiger partial charge < -0.3 is 20.1 Å². The molecular weight excluding hydrogens is 312 g/mol. The molecule has 1 saturated heterocycles. The number of hydrogen-bond donors (Lipinski definition) is 3. The first-order valence-corrected chi connectivity index (χ1v) is 7.44. The summed E-state index contributed by atoms with van der Waals surface area (Å²) in [5.74, 6) is -2.58. The number of carbonyl (C=O) groups excluding carboxylic acids is 4. The minimum atomic E-state index is -1.20. The molecule has 0 aromatic carbocycles. The first-order chi connectivity index (χ1) is 10.3. The normalized spacial score (nSPS) is 20.4. The molecule has 1 heterocycles. The Hall–Kier alpha value is -1.77. The third-order valence-electron chi connectivity index (χ3n) is 3.00. The lowest BCUT2D eigenvalue weighted by Gasteiger charge is -2.28. The van der Waals surface area contributed by atoms with E-state index in [9.17, 15) is 19.2 Å². The van der Waals surface area contributed by atoms with E-state index in [0.29, 0.717) is 12.3 Å². The largest absolute Gasteiger partial charge is 0.457 e. The molecule has 0 aromatic rings. The third kappa shape index (κ3) is 5.21. The van der Waals surface area contributed by atoms with Crippen molar-refractivity contribution in [3.63, 3.8) is 0 Å². The van der Waals surface area contributed by atoms with Crippen molar-refractivity contribution in [2.45, 2.75) is 26.4 Å². The molecule has 1 aliphatic rings. The maximum absolute atomic E-state index is 12.1. The predicted octanol–water partition coefficient (Wildman–Crippen LogP) is -0.966. The second-order valence-electron chi connectivity index (χ2n) is 5.46. The lowest BCUT2D eigenvalue weighted by molar-refractivity contribution is -0.168. The number of nitrogens with one attached hydrogen (secondary N) is 2. The van der Waals surface area contributed by atoms with Crippen LogP contribution in [0.5, 0.6) is 0 Å². The molecule has 22 heavy (non-hydrogen) atoms. The van der Waals surface area contributed by atoms with Crippen LogP contribution in [-0.4, -0.2) is 55.3 Å². The summed E-state index contributed by atoms with van der Waals surface area (Å²) in [4.78, 5) is 46.1. The average Bonchev–Trinajstić information content (AvgIpc) is 2.56. The van der Waals surface area contributed by atoms with Gasteiger partial charge in [0.15, 0.2) is 6.10 Å². The fourth-order valence-corrected chi connectivity index (χ4v) is 1.90. The number of cyclic esters (lactones) is 2. The number of amides is 2. The van der Waals surface area contributed by atoms with Crippen molar-refractivity contribution in [3.05, 3.63) is 0 Å². The van der Waals surface area contributed by atoms with Gasteiger partial charge in [0, 0.05) is 30.7 Å². The Balaban J connectivity index is 2.53. The number of thiol groups is 1. The Morgan fingerprint density at radius 2 is 1.91 bits per heavy atom. The number of carbonyl (C=O) groups is 4. The lowest BCUT2D eigenvalue weighted by Crippen LogP contribution is -2.47. The molecule has 124 valence electrons. The molecule has 2 amide bonds. The first kappa shape index (κ1) is 18.3. The van der Waals surface area contributed by atoms with Crippen LogP contribution in [0.1, 0.15) is 20.3 Å². The first-order valence-electron chi connectivity index (χ1n) is 6.81. The molecule has 8 nitrogen and oxygen atoms in total. The van der Waals surface area contributed by atoms with Crippen LogP contribution in [0.4, 0.5) is 0 Å². The molecule has 0 spiro atoms. The monoisotopic (exact) mass is 332 g/mol. The molecule has 9 heteroatoms. The Morgan fingerprint density at radius 1 is 1.23 bits per heavy atom. The van der Waals surface area contributed by atoms with E-state index in [1.807, 2.05) is 0 Å². The van der Waals surface area contributed by atoms with Crippen molar-refractivity contribution in [2.75, 3.05) is 25.4 Å². The van der Waals surface area contributed by atoms with Crippen molar-refractivity contribution in [1.82, 2.24) is 10.6 Å². The second kappa shape index (κ2) is 8.02. The van der Waals surface area contributed by atoms with Gasteiger partial charge in [-0.15, -0.1) is 0 Å². The van der Waals surface area contributed by atoms with Gasteiger partial charge >= 0.3 is 11.9 Å². The fourth-order valence-electron chi connectivity index (χ4n) is 1.78. The number of ether oxygens (including phenoxy) is 2. The molecule has 0 radical (unpaired) electrons. The summed E-state index contributed by atoms with van der Waals surface area (Å²) in [6.45, 7) is 3.71. The molecule has 0 bridgehead atoms. The summed E-state index contributed by atoms with van der Waals surface area (Å²) in [7, 11) is 0. The number of rotatable bonds is 6. The molecule has 1 rings (SSSR count). The highest BCUT2D eigenvalue weighted by Gasteiger charge is 2.44. The van der Waals surface area contributed by atoms with Crippen LogP contribution in [0.25, 0.3) is 0 Å². The molecule has 2 N–H and O–H groups in total. The van der Waals surface area contributed by atoms with Gasteiger partial charge in [0.25, 0.3) is 5.91 Å². The summed E-state index contributed by atoms with van der Waals surface area (Å²) in [6.07, 6.45) is -1.07. The zero-order chi connectivity index (χ0) is 16.8. The van der Waals surface area contributed by atoms with Gasteiger partial charge in [-0.25, -0.2) is 9.59 Å². The smallest absolute Gasteiger partial charge is 0.418 e. The minimum Gasteiger partial charge on any atom is -0.457 e. The molecule has 1 fully saturated rings. The van der Waals surface area contributed by atoms with Crippen molar-refractivity contribution < 1.29 is 28.7 Å². The highest BCUT2D eigenvalue weighted by molar-refractivity contribution is 7.80. The summed E-state index contributed by atoms with van der Waals surface area (Å²) < 4.78 is 9.62. The van der Waals surface area contributed by atoms with E-state index in [2.05, 4.69) is 23.3 Å².